The highest BCUT2D eigenvalue weighted by Crippen LogP contribution is 2.24. The van der Waals surface area contributed by atoms with Crippen LogP contribution in [-0.4, -0.2) is 30.4 Å². The molecule has 9 heteroatoms. The molecule has 0 aliphatic heterocycles. The molecule has 1 N–H and O–H groups in total. The van der Waals surface area contributed by atoms with Crippen molar-refractivity contribution < 1.29 is 9.72 Å². The third kappa shape index (κ3) is 3.57. The largest absolute Gasteiger partial charge is 0.320 e. The van der Waals surface area contributed by atoms with E-state index in [0.717, 1.165) is 23.0 Å². The highest BCUT2D eigenvalue weighted by Gasteiger charge is 2.27. The number of aryl methyl sites for hydroxylation is 3. The van der Waals surface area contributed by atoms with Gasteiger partial charge in [0.1, 0.15) is 6.20 Å². The van der Waals surface area contributed by atoms with E-state index in [0.29, 0.717) is 17.9 Å². The SMILES string of the molecule is Cc1cccc(Cn2nc(C)c(NC(=O)c3c([N+](=O)[O-])cnn3C)c2C)c1. The number of nitrogens with zero attached hydrogens (tertiary/aromatic N) is 5. The molecule has 0 unspecified atom stereocenters. The van der Waals surface area contributed by atoms with Crippen LogP contribution in [0, 0.1) is 30.9 Å². The van der Waals surface area contributed by atoms with Gasteiger partial charge in [0.15, 0.2) is 0 Å². The maximum atomic E-state index is 12.6. The van der Waals surface area contributed by atoms with Crippen molar-refractivity contribution in [2.24, 2.45) is 7.05 Å². The molecule has 0 aliphatic rings. The zero-order valence-corrected chi connectivity index (χ0v) is 15.6. The lowest BCUT2D eigenvalue weighted by Gasteiger charge is -2.08. The van der Waals surface area contributed by atoms with Crippen LogP contribution in [0.15, 0.2) is 30.5 Å². The van der Waals surface area contributed by atoms with Gasteiger partial charge in [-0.3, -0.25) is 24.3 Å². The van der Waals surface area contributed by atoms with Gasteiger partial charge in [0.2, 0.25) is 5.69 Å². The number of hydrogen-bond donors (Lipinski definition) is 1. The van der Waals surface area contributed by atoms with E-state index >= 15 is 0 Å². The number of nitro groups is 1. The molecule has 2 heterocycles. The van der Waals surface area contributed by atoms with Gasteiger partial charge in [-0.25, -0.2) is 0 Å². The molecule has 3 rings (SSSR count). The fourth-order valence-electron chi connectivity index (χ4n) is 3.01. The number of aromatic nitrogens is 4. The number of rotatable bonds is 5. The van der Waals surface area contributed by atoms with E-state index in [1.165, 1.54) is 11.7 Å². The summed E-state index contributed by atoms with van der Waals surface area (Å²) in [5.41, 5.74) is 3.77. The van der Waals surface area contributed by atoms with E-state index in [9.17, 15) is 14.9 Å². The highest BCUT2D eigenvalue weighted by atomic mass is 16.6. The van der Waals surface area contributed by atoms with Crippen molar-refractivity contribution in [3.63, 3.8) is 0 Å². The minimum absolute atomic E-state index is 0.106. The molecule has 0 fully saturated rings. The summed E-state index contributed by atoms with van der Waals surface area (Å²) in [6.45, 7) is 6.23. The second-order valence-corrected chi connectivity index (χ2v) is 6.41. The molecule has 1 amide bonds. The fraction of sp³-hybridized carbons (Fsp3) is 0.278. The molecule has 3 aromatic rings. The van der Waals surface area contributed by atoms with E-state index in [1.807, 2.05) is 32.0 Å². The average molecular weight is 368 g/mol. The van der Waals surface area contributed by atoms with E-state index in [2.05, 4.69) is 21.6 Å². The van der Waals surface area contributed by atoms with Crippen LogP contribution < -0.4 is 5.32 Å². The number of anilines is 1. The van der Waals surface area contributed by atoms with Gasteiger partial charge in [-0.05, 0) is 26.3 Å². The fourth-order valence-corrected chi connectivity index (χ4v) is 3.01. The summed E-state index contributed by atoms with van der Waals surface area (Å²) < 4.78 is 2.99. The molecule has 0 saturated carbocycles. The van der Waals surface area contributed by atoms with Crippen molar-refractivity contribution in [2.45, 2.75) is 27.3 Å². The summed E-state index contributed by atoms with van der Waals surface area (Å²) in [4.78, 5) is 23.1. The van der Waals surface area contributed by atoms with E-state index in [4.69, 9.17) is 0 Å². The van der Waals surface area contributed by atoms with Crippen LogP contribution in [-0.2, 0) is 13.6 Å². The summed E-state index contributed by atoms with van der Waals surface area (Å²) >= 11 is 0. The van der Waals surface area contributed by atoms with Crippen molar-refractivity contribution in [3.05, 3.63) is 68.8 Å². The molecule has 1 aromatic carbocycles. The van der Waals surface area contributed by atoms with Crippen LogP contribution in [0.5, 0.6) is 0 Å². The van der Waals surface area contributed by atoms with Gasteiger partial charge < -0.3 is 5.32 Å². The summed E-state index contributed by atoms with van der Waals surface area (Å²) in [6, 6.07) is 8.10. The smallest absolute Gasteiger partial charge is 0.317 e. The first kappa shape index (κ1) is 18.3. The maximum absolute atomic E-state index is 12.6. The van der Waals surface area contributed by atoms with Crippen molar-refractivity contribution in [1.82, 2.24) is 19.6 Å². The molecule has 0 saturated heterocycles. The summed E-state index contributed by atoms with van der Waals surface area (Å²) in [6.07, 6.45) is 1.07. The topological polar surface area (TPSA) is 108 Å². The Labute approximate surface area is 155 Å². The Morgan fingerprint density at radius 2 is 2.04 bits per heavy atom. The number of hydrogen-bond acceptors (Lipinski definition) is 5. The first-order valence-corrected chi connectivity index (χ1v) is 8.35. The second-order valence-electron chi connectivity index (χ2n) is 6.41. The van der Waals surface area contributed by atoms with E-state index in [-0.39, 0.29) is 11.4 Å². The number of carbonyl (C=O) groups excluding carboxylic acids is 1. The Hall–Kier alpha value is -3.49. The van der Waals surface area contributed by atoms with Gasteiger partial charge in [0.25, 0.3) is 5.91 Å². The van der Waals surface area contributed by atoms with Crippen molar-refractivity contribution in [3.8, 4) is 0 Å². The molecule has 0 radical (unpaired) electrons. The molecular formula is C18H20N6O3. The molecule has 0 spiro atoms. The molecule has 0 bridgehead atoms. The molecule has 140 valence electrons. The summed E-state index contributed by atoms with van der Waals surface area (Å²) in [5, 5.41) is 22.2. The van der Waals surface area contributed by atoms with Crippen LogP contribution in [0.25, 0.3) is 0 Å². The van der Waals surface area contributed by atoms with Crippen molar-refractivity contribution in [2.75, 3.05) is 5.32 Å². The van der Waals surface area contributed by atoms with Crippen LogP contribution >= 0.6 is 0 Å². The third-order valence-electron chi connectivity index (χ3n) is 4.37. The summed E-state index contributed by atoms with van der Waals surface area (Å²) in [7, 11) is 1.49. The highest BCUT2D eigenvalue weighted by molar-refractivity contribution is 6.06. The first-order valence-electron chi connectivity index (χ1n) is 8.35. The number of amides is 1. The van der Waals surface area contributed by atoms with E-state index in [1.54, 1.807) is 11.6 Å². The lowest BCUT2D eigenvalue weighted by molar-refractivity contribution is -0.385. The molecule has 9 nitrogen and oxygen atoms in total. The molecule has 27 heavy (non-hydrogen) atoms. The monoisotopic (exact) mass is 368 g/mol. The normalized spacial score (nSPS) is 10.8. The third-order valence-corrected chi connectivity index (χ3v) is 4.37. The van der Waals surface area contributed by atoms with Crippen molar-refractivity contribution in [1.29, 1.82) is 0 Å². The predicted molar refractivity (Wildman–Crippen MR) is 99.8 cm³/mol. The van der Waals surface area contributed by atoms with Gasteiger partial charge in [-0.15, -0.1) is 0 Å². The standard InChI is InChI=1S/C18H20N6O3/c1-11-6-5-7-14(8-11)10-23-13(3)16(12(2)21-23)20-18(25)17-15(24(26)27)9-19-22(17)4/h5-9H,10H2,1-4H3,(H,20,25). The molecule has 0 aliphatic carbocycles. The van der Waals surface area contributed by atoms with Gasteiger partial charge in [-0.1, -0.05) is 29.8 Å². The predicted octanol–water partition coefficient (Wildman–Crippen LogP) is 2.75. The lowest BCUT2D eigenvalue weighted by Crippen LogP contribution is -2.18. The van der Waals surface area contributed by atoms with Crippen LogP contribution in [0.2, 0.25) is 0 Å². The molecular weight excluding hydrogens is 348 g/mol. The average Bonchev–Trinajstić information content (AvgIpc) is 3.10. The minimum Gasteiger partial charge on any atom is -0.317 e. The number of nitrogens with one attached hydrogen (secondary N) is 1. The van der Waals surface area contributed by atoms with Gasteiger partial charge in [0.05, 0.1) is 28.5 Å². The molecule has 2 aromatic heterocycles. The van der Waals surface area contributed by atoms with Crippen LogP contribution in [0.1, 0.15) is 33.0 Å². The van der Waals surface area contributed by atoms with Gasteiger partial charge >= 0.3 is 5.69 Å². The number of benzene rings is 1. The Morgan fingerprint density at radius 1 is 1.30 bits per heavy atom. The lowest BCUT2D eigenvalue weighted by atomic mass is 10.1. The Balaban J connectivity index is 1.88. The Bertz CT molecular complexity index is 1030. The van der Waals surface area contributed by atoms with Gasteiger partial charge in [0, 0.05) is 7.05 Å². The van der Waals surface area contributed by atoms with E-state index < -0.39 is 10.8 Å². The van der Waals surface area contributed by atoms with Crippen LogP contribution in [0.4, 0.5) is 11.4 Å². The zero-order chi connectivity index (χ0) is 19.7. The number of carbonyl (C=O) groups is 1. The van der Waals surface area contributed by atoms with Gasteiger partial charge in [-0.2, -0.15) is 10.2 Å². The van der Waals surface area contributed by atoms with Crippen LogP contribution in [0.3, 0.4) is 0 Å². The quantitative estimate of drug-likeness (QED) is 0.550. The Morgan fingerprint density at radius 3 is 2.70 bits per heavy atom. The Kier molecular flexibility index (Phi) is 4.76. The first-order chi connectivity index (χ1) is 12.8. The summed E-state index contributed by atoms with van der Waals surface area (Å²) in [5.74, 6) is -0.594. The zero-order valence-electron chi connectivity index (χ0n) is 15.6. The van der Waals surface area contributed by atoms with Crippen molar-refractivity contribution >= 4 is 17.3 Å². The second kappa shape index (κ2) is 7.02. The minimum atomic E-state index is -0.622. The maximum Gasteiger partial charge on any atom is 0.320 e. The molecule has 0 atom stereocenters.